The van der Waals surface area contributed by atoms with Gasteiger partial charge in [-0.05, 0) is 202 Å². The molecule has 0 saturated heterocycles. The monoisotopic (exact) mass is 1290 g/mol. The van der Waals surface area contributed by atoms with Crippen molar-refractivity contribution in [3.05, 3.63) is 362 Å². The summed E-state index contributed by atoms with van der Waals surface area (Å²) in [5, 5.41) is 30.0. The lowest BCUT2D eigenvalue weighted by atomic mass is 9.90. The molecule has 0 N–H and O–H groups in total. The van der Waals surface area contributed by atoms with Gasteiger partial charge in [-0.1, -0.05) is 291 Å². The average Bonchev–Trinajstić information content (AvgIpc) is 1.50. The van der Waals surface area contributed by atoms with Crippen LogP contribution in [0.1, 0.15) is 16.7 Å². The first-order chi connectivity index (χ1) is 50.6. The largest absolute Gasteiger partial charge is 0.335 e. The van der Waals surface area contributed by atoms with Crippen molar-refractivity contribution in [2.75, 3.05) is 0 Å². The van der Waals surface area contributed by atoms with Gasteiger partial charge in [-0.3, -0.25) is 0 Å². The Kier molecular flexibility index (Phi) is 12.4. The molecular formula is C99H63N3. The summed E-state index contributed by atoms with van der Waals surface area (Å²) in [6, 6.07) is 131. The van der Waals surface area contributed by atoms with Gasteiger partial charge in [-0.15, -0.1) is 0 Å². The molecule has 0 amide bonds. The third kappa shape index (κ3) is 8.49. The predicted molar refractivity (Wildman–Crippen MR) is 436 cm³/mol. The van der Waals surface area contributed by atoms with Crippen LogP contribution in [0.4, 0.5) is 0 Å². The van der Waals surface area contributed by atoms with Crippen LogP contribution in [0.25, 0.3) is 196 Å². The summed E-state index contributed by atoms with van der Waals surface area (Å²) in [4.78, 5) is 0. The SMILES string of the molecule is c1ccc(Cn2c3cc4c5ccc(-c6ccccc6)cc5c5ccccc5c4cc3c3c2c2c4cc5c6ccccc6c6cc(-c7ccccc7)ccc6c5cc4n(Cc4ccccc4)c2c2c4cc5c6ccccc6c6cc(-c7ccccc7)ccc6c5cc4n(Cc4ccccc4)c32)cc1. The van der Waals surface area contributed by atoms with Gasteiger partial charge in [-0.25, -0.2) is 0 Å². The molecule has 19 aromatic carbocycles. The third-order valence-corrected chi connectivity index (χ3v) is 22.6. The summed E-state index contributed by atoms with van der Waals surface area (Å²) >= 11 is 0. The van der Waals surface area contributed by atoms with Crippen molar-refractivity contribution in [1.29, 1.82) is 0 Å². The van der Waals surface area contributed by atoms with Crippen LogP contribution >= 0.6 is 0 Å². The van der Waals surface area contributed by atoms with E-state index in [9.17, 15) is 0 Å². The van der Waals surface area contributed by atoms with Gasteiger partial charge < -0.3 is 13.7 Å². The number of fused-ring (bicyclic) bond motifs is 30. The number of nitrogens with zero attached hydrogens (tertiary/aromatic N) is 3. The minimum atomic E-state index is 0.651. The maximum absolute atomic E-state index is 2.74. The van der Waals surface area contributed by atoms with Crippen LogP contribution in [0.15, 0.2) is 346 Å². The highest BCUT2D eigenvalue weighted by Crippen LogP contribution is 2.53. The normalized spacial score (nSPS) is 12.2. The molecule has 0 spiro atoms. The minimum Gasteiger partial charge on any atom is -0.335 e. The Hall–Kier alpha value is -13.1. The molecular weight excluding hydrogens is 1230 g/mol. The molecule has 22 aromatic rings. The maximum atomic E-state index is 2.74. The van der Waals surface area contributed by atoms with E-state index in [0.29, 0.717) is 19.6 Å². The number of aromatic nitrogens is 3. The molecule has 0 bridgehead atoms. The molecule has 3 heterocycles. The first-order valence-corrected chi connectivity index (χ1v) is 35.7. The highest BCUT2D eigenvalue weighted by atomic mass is 15.0. The smallest absolute Gasteiger partial charge is 0.0617 e. The molecule has 0 fully saturated rings. The minimum absolute atomic E-state index is 0.651. The second-order valence-corrected chi connectivity index (χ2v) is 28.1. The predicted octanol–water partition coefficient (Wildman–Crippen LogP) is 26.5. The molecule has 102 heavy (non-hydrogen) atoms. The zero-order chi connectivity index (χ0) is 66.7. The lowest BCUT2D eigenvalue weighted by molar-refractivity contribution is 0.863. The summed E-state index contributed by atoms with van der Waals surface area (Å²) < 4.78 is 8.23. The molecule has 22 rings (SSSR count). The fraction of sp³-hybridized carbons (Fsp3) is 0.0303. The summed E-state index contributed by atoms with van der Waals surface area (Å²) in [5.74, 6) is 0. The van der Waals surface area contributed by atoms with Crippen LogP contribution in [-0.4, -0.2) is 13.7 Å². The van der Waals surface area contributed by atoms with Crippen LogP contribution in [-0.2, 0) is 19.6 Å². The Balaban J connectivity index is 0.990. The topological polar surface area (TPSA) is 14.8 Å². The Labute approximate surface area is 587 Å². The van der Waals surface area contributed by atoms with E-state index in [1.807, 2.05) is 0 Å². The average molecular weight is 1290 g/mol. The molecule has 3 heteroatoms. The Morgan fingerprint density at radius 2 is 0.353 bits per heavy atom. The maximum Gasteiger partial charge on any atom is 0.0617 e. The lowest BCUT2D eigenvalue weighted by Crippen LogP contribution is -2.03. The molecule has 0 aliphatic carbocycles. The van der Waals surface area contributed by atoms with Gasteiger partial charge in [0.2, 0.25) is 0 Å². The van der Waals surface area contributed by atoms with Crippen molar-refractivity contribution in [3.8, 4) is 33.4 Å². The molecule has 0 aliphatic heterocycles. The number of rotatable bonds is 9. The van der Waals surface area contributed by atoms with Crippen LogP contribution in [0.3, 0.4) is 0 Å². The van der Waals surface area contributed by atoms with Crippen LogP contribution in [0.2, 0.25) is 0 Å². The molecule has 0 aliphatic rings. The molecule has 0 atom stereocenters. The first kappa shape index (κ1) is 56.9. The van der Waals surface area contributed by atoms with Crippen LogP contribution < -0.4 is 0 Å². The number of hydrogen-bond acceptors (Lipinski definition) is 0. The zero-order valence-electron chi connectivity index (χ0n) is 55.9. The Morgan fingerprint density at radius 1 is 0.147 bits per heavy atom. The Morgan fingerprint density at radius 3 is 0.608 bits per heavy atom. The van der Waals surface area contributed by atoms with E-state index in [1.54, 1.807) is 0 Å². The number of hydrogen-bond donors (Lipinski definition) is 0. The van der Waals surface area contributed by atoms with E-state index in [-0.39, 0.29) is 0 Å². The van der Waals surface area contributed by atoms with E-state index in [0.717, 1.165) is 0 Å². The fourth-order valence-electron chi connectivity index (χ4n) is 18.1. The van der Waals surface area contributed by atoms with E-state index in [4.69, 9.17) is 0 Å². The Bertz CT molecular complexity index is 6550. The van der Waals surface area contributed by atoms with Crippen molar-refractivity contribution < 1.29 is 0 Å². The van der Waals surface area contributed by atoms with Gasteiger partial charge in [0.15, 0.2) is 0 Å². The van der Waals surface area contributed by atoms with E-state index in [2.05, 4.69) is 359 Å². The summed E-state index contributed by atoms with van der Waals surface area (Å²) in [6.45, 7) is 1.95. The second kappa shape index (κ2) is 22.2. The van der Waals surface area contributed by atoms with Crippen molar-refractivity contribution in [2.45, 2.75) is 19.6 Å². The van der Waals surface area contributed by atoms with Crippen LogP contribution in [0, 0.1) is 0 Å². The van der Waals surface area contributed by atoms with Crippen molar-refractivity contribution in [1.82, 2.24) is 13.7 Å². The van der Waals surface area contributed by atoms with Crippen LogP contribution in [0.5, 0.6) is 0 Å². The molecule has 3 nitrogen and oxygen atoms in total. The summed E-state index contributed by atoms with van der Waals surface area (Å²) in [7, 11) is 0. The molecule has 0 unspecified atom stereocenters. The molecule has 0 radical (unpaired) electrons. The lowest BCUT2D eigenvalue weighted by Gasteiger charge is -2.14. The van der Waals surface area contributed by atoms with Crippen molar-refractivity contribution >= 4 is 162 Å². The zero-order valence-corrected chi connectivity index (χ0v) is 55.9. The van der Waals surface area contributed by atoms with Gasteiger partial charge in [0.25, 0.3) is 0 Å². The highest BCUT2D eigenvalue weighted by molar-refractivity contribution is 6.43. The van der Waals surface area contributed by atoms with Crippen molar-refractivity contribution in [3.63, 3.8) is 0 Å². The number of benzene rings is 19. The van der Waals surface area contributed by atoms with Crippen molar-refractivity contribution in [2.24, 2.45) is 0 Å². The summed E-state index contributed by atoms with van der Waals surface area (Å²) in [5.41, 5.74) is 18.4. The molecule has 3 aromatic heterocycles. The third-order valence-electron chi connectivity index (χ3n) is 22.6. The highest BCUT2D eigenvalue weighted by Gasteiger charge is 2.31. The summed E-state index contributed by atoms with van der Waals surface area (Å²) in [6.07, 6.45) is 0. The van der Waals surface area contributed by atoms with Gasteiger partial charge in [0.1, 0.15) is 0 Å². The second-order valence-electron chi connectivity index (χ2n) is 28.1. The molecule has 474 valence electrons. The molecule has 0 saturated carbocycles. The van der Waals surface area contributed by atoms with Gasteiger partial charge in [0, 0.05) is 52.0 Å². The quantitative estimate of drug-likeness (QED) is 0.128. The van der Waals surface area contributed by atoms with E-state index in [1.165, 1.54) is 212 Å². The van der Waals surface area contributed by atoms with Gasteiger partial charge in [-0.2, -0.15) is 0 Å². The van der Waals surface area contributed by atoms with Gasteiger partial charge >= 0.3 is 0 Å². The first-order valence-electron chi connectivity index (χ1n) is 35.7. The van der Waals surface area contributed by atoms with Gasteiger partial charge in [0.05, 0.1) is 33.1 Å². The fourth-order valence-corrected chi connectivity index (χ4v) is 18.1. The standard InChI is InChI=1S/C99H63N3/c1-7-25-61(26-8-1)58-100-91-55-85-76-46-43-67(64-31-13-4-14-32-64)49-79(76)70-37-19-22-40-73(70)82(85)52-88(91)94-97(100)95-89-53-83-74-41-23-20-38-71(74)80-50-68(65-33-15-5-16-34-65)44-47-77(80)86(83)56-92(89)101(59-62-27-9-2-10-28-62)99(95)96-90-54-84-75-42-24-21-39-72(75)81-51-69(66-35-17-6-18-36-66)45-48-78(81)87(84)57-93(90)102(98(94)96)60-63-29-11-3-12-30-63/h1-57H,58-60H2. The van der Waals surface area contributed by atoms with E-state index < -0.39 is 0 Å². The van der Waals surface area contributed by atoms with E-state index >= 15 is 0 Å².